The summed E-state index contributed by atoms with van der Waals surface area (Å²) >= 11 is 0. The number of aromatic nitrogens is 2. The lowest BCUT2D eigenvalue weighted by atomic mass is 10.3. The highest BCUT2D eigenvalue weighted by atomic mass is 19.1. The van der Waals surface area contributed by atoms with Gasteiger partial charge < -0.3 is 15.2 Å². The molecule has 2 rings (SSSR count). The van der Waals surface area contributed by atoms with Gasteiger partial charge in [-0.05, 0) is 12.1 Å². The Labute approximate surface area is 107 Å². The number of hydrogen-bond donors (Lipinski definition) is 2. The molecule has 0 amide bonds. The number of anilines is 2. The highest BCUT2D eigenvalue weighted by molar-refractivity contribution is 5.85. The van der Waals surface area contributed by atoms with E-state index in [-0.39, 0.29) is 17.2 Å². The summed E-state index contributed by atoms with van der Waals surface area (Å²) in [6, 6.07) is 4.20. The SMILES string of the molecule is COc1ccc(F)c(Nc2cnc(C(=O)O)cn2)c1. The summed E-state index contributed by atoms with van der Waals surface area (Å²) in [6.45, 7) is 0. The Kier molecular flexibility index (Phi) is 3.56. The summed E-state index contributed by atoms with van der Waals surface area (Å²) in [7, 11) is 1.47. The molecule has 0 radical (unpaired) electrons. The molecule has 0 saturated heterocycles. The molecule has 1 aromatic heterocycles. The van der Waals surface area contributed by atoms with E-state index in [1.54, 1.807) is 0 Å². The zero-order valence-electron chi connectivity index (χ0n) is 9.92. The van der Waals surface area contributed by atoms with Gasteiger partial charge in [0.05, 0.1) is 25.2 Å². The van der Waals surface area contributed by atoms with Crippen LogP contribution in [0.5, 0.6) is 5.75 Å². The van der Waals surface area contributed by atoms with Crippen LogP contribution in [0.2, 0.25) is 0 Å². The van der Waals surface area contributed by atoms with Gasteiger partial charge in [-0.3, -0.25) is 0 Å². The first-order valence-electron chi connectivity index (χ1n) is 5.26. The molecule has 98 valence electrons. The third-order valence-corrected chi connectivity index (χ3v) is 2.31. The van der Waals surface area contributed by atoms with Gasteiger partial charge in [0.25, 0.3) is 0 Å². The van der Waals surface area contributed by atoms with Gasteiger partial charge >= 0.3 is 5.97 Å². The van der Waals surface area contributed by atoms with Crippen molar-refractivity contribution in [2.75, 3.05) is 12.4 Å². The molecule has 1 aromatic carbocycles. The fourth-order valence-corrected chi connectivity index (χ4v) is 1.37. The number of carbonyl (C=O) groups is 1. The summed E-state index contributed by atoms with van der Waals surface area (Å²) in [5.41, 5.74) is -0.0200. The summed E-state index contributed by atoms with van der Waals surface area (Å²) in [4.78, 5) is 18.1. The molecule has 2 aromatic rings. The van der Waals surface area contributed by atoms with Crippen molar-refractivity contribution in [3.05, 3.63) is 42.1 Å². The Hall–Kier alpha value is -2.70. The topological polar surface area (TPSA) is 84.3 Å². The van der Waals surface area contributed by atoms with Crippen LogP contribution in [0.4, 0.5) is 15.9 Å². The van der Waals surface area contributed by atoms with Crippen LogP contribution in [0.3, 0.4) is 0 Å². The van der Waals surface area contributed by atoms with Crippen molar-refractivity contribution < 1.29 is 19.0 Å². The van der Waals surface area contributed by atoms with Crippen molar-refractivity contribution >= 4 is 17.5 Å². The van der Waals surface area contributed by atoms with Gasteiger partial charge in [-0.2, -0.15) is 0 Å². The summed E-state index contributed by atoms with van der Waals surface area (Å²) in [6.07, 6.45) is 2.30. The van der Waals surface area contributed by atoms with Crippen LogP contribution in [0.25, 0.3) is 0 Å². The van der Waals surface area contributed by atoms with Gasteiger partial charge in [0.2, 0.25) is 0 Å². The molecule has 0 saturated carbocycles. The van der Waals surface area contributed by atoms with Crippen molar-refractivity contribution in [3.63, 3.8) is 0 Å². The first-order chi connectivity index (χ1) is 9.10. The van der Waals surface area contributed by atoms with E-state index in [1.165, 1.54) is 31.5 Å². The summed E-state index contributed by atoms with van der Waals surface area (Å²) < 4.78 is 18.5. The van der Waals surface area contributed by atoms with Gasteiger partial charge in [0.15, 0.2) is 5.69 Å². The Morgan fingerprint density at radius 3 is 2.74 bits per heavy atom. The number of hydrogen-bond acceptors (Lipinski definition) is 5. The van der Waals surface area contributed by atoms with E-state index >= 15 is 0 Å². The summed E-state index contributed by atoms with van der Waals surface area (Å²) in [5, 5.41) is 11.4. The lowest BCUT2D eigenvalue weighted by molar-refractivity contribution is 0.0690. The number of ether oxygens (including phenoxy) is 1. The number of carboxylic acids is 1. The second-order valence-corrected chi connectivity index (χ2v) is 3.56. The predicted octanol–water partition coefficient (Wildman–Crippen LogP) is 2.07. The first-order valence-corrected chi connectivity index (χ1v) is 5.26. The largest absolute Gasteiger partial charge is 0.497 e. The normalized spacial score (nSPS) is 10.0. The monoisotopic (exact) mass is 263 g/mol. The summed E-state index contributed by atoms with van der Waals surface area (Å²) in [5.74, 6) is -0.937. The third-order valence-electron chi connectivity index (χ3n) is 2.31. The second-order valence-electron chi connectivity index (χ2n) is 3.56. The highest BCUT2D eigenvalue weighted by Crippen LogP contribution is 2.23. The average molecular weight is 263 g/mol. The fraction of sp³-hybridized carbons (Fsp3) is 0.0833. The number of halogens is 1. The van der Waals surface area contributed by atoms with Gasteiger partial charge in [-0.25, -0.2) is 19.2 Å². The predicted molar refractivity (Wildman–Crippen MR) is 65.2 cm³/mol. The molecule has 19 heavy (non-hydrogen) atoms. The number of methoxy groups -OCH3 is 1. The molecule has 1 heterocycles. The number of nitrogens with zero attached hydrogens (tertiary/aromatic N) is 2. The molecule has 7 heteroatoms. The van der Waals surface area contributed by atoms with Crippen molar-refractivity contribution in [3.8, 4) is 5.75 Å². The number of nitrogens with one attached hydrogen (secondary N) is 1. The zero-order chi connectivity index (χ0) is 13.8. The van der Waals surface area contributed by atoms with E-state index in [4.69, 9.17) is 9.84 Å². The van der Waals surface area contributed by atoms with Crippen LogP contribution >= 0.6 is 0 Å². The molecular weight excluding hydrogens is 253 g/mol. The number of aromatic carboxylic acids is 1. The third kappa shape index (κ3) is 2.95. The molecule has 0 bridgehead atoms. The van der Waals surface area contributed by atoms with E-state index in [9.17, 15) is 9.18 Å². The fourth-order valence-electron chi connectivity index (χ4n) is 1.37. The number of benzene rings is 1. The molecule has 2 N–H and O–H groups in total. The smallest absolute Gasteiger partial charge is 0.356 e. The Bertz CT molecular complexity index is 602. The molecule has 0 aliphatic rings. The van der Waals surface area contributed by atoms with Crippen LogP contribution in [0.15, 0.2) is 30.6 Å². The van der Waals surface area contributed by atoms with Crippen LogP contribution < -0.4 is 10.1 Å². The maximum absolute atomic E-state index is 13.5. The Balaban J connectivity index is 2.23. The zero-order valence-corrected chi connectivity index (χ0v) is 9.92. The quantitative estimate of drug-likeness (QED) is 0.878. The average Bonchev–Trinajstić information content (AvgIpc) is 2.42. The minimum Gasteiger partial charge on any atom is -0.497 e. The van der Waals surface area contributed by atoms with Crippen LogP contribution in [0, 0.1) is 5.82 Å². The molecule has 0 fully saturated rings. The second kappa shape index (κ2) is 5.30. The maximum Gasteiger partial charge on any atom is 0.356 e. The van der Waals surface area contributed by atoms with E-state index in [0.717, 1.165) is 6.20 Å². The van der Waals surface area contributed by atoms with E-state index in [0.29, 0.717) is 5.75 Å². The molecule has 6 nitrogen and oxygen atoms in total. The molecule has 0 aliphatic heterocycles. The standard InChI is InChI=1S/C12H10FN3O3/c1-19-7-2-3-8(13)9(4-7)16-11-6-14-10(5-15-11)12(17)18/h2-6H,1H3,(H,15,16)(H,17,18). The van der Waals surface area contributed by atoms with Crippen molar-refractivity contribution in [1.82, 2.24) is 9.97 Å². The molecule has 0 atom stereocenters. The van der Waals surface area contributed by atoms with E-state index in [1.807, 2.05) is 0 Å². The van der Waals surface area contributed by atoms with Gasteiger partial charge in [0.1, 0.15) is 17.4 Å². The van der Waals surface area contributed by atoms with Gasteiger partial charge in [-0.15, -0.1) is 0 Å². The van der Waals surface area contributed by atoms with Crippen LogP contribution in [-0.2, 0) is 0 Å². The van der Waals surface area contributed by atoms with E-state index in [2.05, 4.69) is 15.3 Å². The molecular formula is C12H10FN3O3. The minimum absolute atomic E-state index is 0.164. The van der Waals surface area contributed by atoms with Crippen LogP contribution in [-0.4, -0.2) is 28.2 Å². The Morgan fingerprint density at radius 2 is 2.16 bits per heavy atom. The molecule has 0 spiro atoms. The number of carboxylic acid groups (broad SMARTS) is 1. The highest BCUT2D eigenvalue weighted by Gasteiger charge is 2.08. The van der Waals surface area contributed by atoms with Crippen molar-refractivity contribution in [2.24, 2.45) is 0 Å². The van der Waals surface area contributed by atoms with Gasteiger partial charge in [-0.1, -0.05) is 0 Å². The lowest BCUT2D eigenvalue weighted by Crippen LogP contribution is -2.03. The van der Waals surface area contributed by atoms with E-state index < -0.39 is 11.8 Å². The lowest BCUT2D eigenvalue weighted by Gasteiger charge is -2.08. The van der Waals surface area contributed by atoms with Crippen molar-refractivity contribution in [1.29, 1.82) is 0 Å². The Morgan fingerprint density at radius 1 is 1.37 bits per heavy atom. The van der Waals surface area contributed by atoms with Crippen molar-refractivity contribution in [2.45, 2.75) is 0 Å². The molecule has 0 unspecified atom stereocenters. The van der Waals surface area contributed by atoms with Crippen LogP contribution in [0.1, 0.15) is 10.5 Å². The van der Waals surface area contributed by atoms with Gasteiger partial charge in [0, 0.05) is 6.07 Å². The minimum atomic E-state index is -1.17. The molecule has 0 aliphatic carbocycles. The first kappa shape index (κ1) is 12.7. The number of rotatable bonds is 4. The maximum atomic E-state index is 13.5.